The van der Waals surface area contributed by atoms with E-state index in [0.717, 1.165) is 18.5 Å². The smallest absolute Gasteiger partial charge is 0.269 e. The van der Waals surface area contributed by atoms with Gasteiger partial charge in [0.2, 0.25) is 11.8 Å². The van der Waals surface area contributed by atoms with Crippen LogP contribution in [-0.4, -0.2) is 49.1 Å². The number of rotatable bonds is 5. The molecular formula is C18H23N3O5S. The zero-order valence-electron chi connectivity index (χ0n) is 14.9. The van der Waals surface area contributed by atoms with Crippen molar-refractivity contribution in [3.8, 4) is 0 Å². The van der Waals surface area contributed by atoms with E-state index >= 15 is 0 Å². The summed E-state index contributed by atoms with van der Waals surface area (Å²) in [7, 11) is -3.03. The number of hydrogen-bond acceptors (Lipinski definition) is 5. The van der Waals surface area contributed by atoms with Crippen LogP contribution in [0.25, 0.3) is 0 Å². The number of carbonyl (C=O) groups is 3. The van der Waals surface area contributed by atoms with Gasteiger partial charge < -0.3 is 4.90 Å². The van der Waals surface area contributed by atoms with Gasteiger partial charge in [-0.25, -0.2) is 8.42 Å². The van der Waals surface area contributed by atoms with Crippen molar-refractivity contribution in [1.29, 1.82) is 0 Å². The van der Waals surface area contributed by atoms with E-state index in [-0.39, 0.29) is 29.8 Å². The third-order valence-electron chi connectivity index (χ3n) is 4.85. The predicted octanol–water partition coefficient (Wildman–Crippen LogP) is 0.395. The molecule has 1 aromatic rings. The maximum absolute atomic E-state index is 12.2. The largest absolute Gasteiger partial charge is 0.338 e. The van der Waals surface area contributed by atoms with Crippen LogP contribution in [0.1, 0.15) is 41.6 Å². The second-order valence-electron chi connectivity index (χ2n) is 7.09. The topological polar surface area (TPSA) is 113 Å². The van der Waals surface area contributed by atoms with Gasteiger partial charge in [-0.2, -0.15) is 0 Å². The van der Waals surface area contributed by atoms with Crippen LogP contribution in [0.15, 0.2) is 24.3 Å². The van der Waals surface area contributed by atoms with Gasteiger partial charge >= 0.3 is 0 Å². The van der Waals surface area contributed by atoms with Gasteiger partial charge in [-0.1, -0.05) is 12.1 Å². The summed E-state index contributed by atoms with van der Waals surface area (Å²) in [5.74, 6) is -0.824. The van der Waals surface area contributed by atoms with Crippen LogP contribution in [0.5, 0.6) is 0 Å². The molecule has 0 bridgehead atoms. The molecule has 2 fully saturated rings. The Balaban J connectivity index is 1.50. The summed E-state index contributed by atoms with van der Waals surface area (Å²) in [5.41, 5.74) is 5.92. The van der Waals surface area contributed by atoms with Gasteiger partial charge in [0.15, 0.2) is 9.84 Å². The van der Waals surface area contributed by atoms with Crippen molar-refractivity contribution in [2.75, 3.05) is 18.1 Å². The Bertz CT molecular complexity index is 852. The molecule has 8 nitrogen and oxygen atoms in total. The average Bonchev–Trinajstić information content (AvgIpc) is 3.18. The SMILES string of the molecule is O=C(C[C@@H]1CCS(=O)(=O)C1)NNC(=O)c1cccc(CN2CCCC2=O)c1. The van der Waals surface area contributed by atoms with E-state index in [1.807, 2.05) is 6.07 Å². The minimum atomic E-state index is -3.03. The highest BCUT2D eigenvalue weighted by atomic mass is 32.2. The lowest BCUT2D eigenvalue weighted by atomic mass is 10.1. The molecule has 2 aliphatic rings. The maximum Gasteiger partial charge on any atom is 0.269 e. The number of sulfone groups is 1. The van der Waals surface area contributed by atoms with Crippen molar-refractivity contribution in [2.24, 2.45) is 5.92 Å². The van der Waals surface area contributed by atoms with Crippen LogP contribution >= 0.6 is 0 Å². The first kappa shape index (κ1) is 19.3. The minimum absolute atomic E-state index is 0.0195. The highest BCUT2D eigenvalue weighted by molar-refractivity contribution is 7.91. The summed E-state index contributed by atoms with van der Waals surface area (Å²) in [6, 6.07) is 6.90. The van der Waals surface area contributed by atoms with Crippen LogP contribution in [0, 0.1) is 5.92 Å². The van der Waals surface area contributed by atoms with Gasteiger partial charge in [0.05, 0.1) is 11.5 Å². The van der Waals surface area contributed by atoms with E-state index < -0.39 is 21.7 Å². The van der Waals surface area contributed by atoms with E-state index in [9.17, 15) is 22.8 Å². The lowest BCUT2D eigenvalue weighted by Gasteiger charge is -2.16. The molecule has 146 valence electrons. The van der Waals surface area contributed by atoms with E-state index in [4.69, 9.17) is 0 Å². The first-order valence-electron chi connectivity index (χ1n) is 8.99. The van der Waals surface area contributed by atoms with Gasteiger partial charge in [-0.15, -0.1) is 0 Å². The Morgan fingerprint density at radius 2 is 2.04 bits per heavy atom. The van der Waals surface area contributed by atoms with Crippen molar-refractivity contribution >= 4 is 27.6 Å². The normalized spacial score (nSPS) is 21.3. The third kappa shape index (κ3) is 5.29. The van der Waals surface area contributed by atoms with Crippen LogP contribution < -0.4 is 10.9 Å². The van der Waals surface area contributed by atoms with Gasteiger partial charge in [0.1, 0.15) is 0 Å². The molecule has 2 N–H and O–H groups in total. The second kappa shape index (κ2) is 8.08. The first-order chi connectivity index (χ1) is 12.8. The number of nitrogens with zero attached hydrogens (tertiary/aromatic N) is 1. The molecule has 0 aromatic heterocycles. The molecule has 2 saturated heterocycles. The molecule has 27 heavy (non-hydrogen) atoms. The number of benzene rings is 1. The van der Waals surface area contributed by atoms with Crippen LogP contribution in [-0.2, 0) is 26.0 Å². The highest BCUT2D eigenvalue weighted by Crippen LogP contribution is 2.21. The summed E-state index contributed by atoms with van der Waals surface area (Å²) in [5, 5.41) is 0. The average molecular weight is 393 g/mol. The molecule has 3 rings (SSSR count). The number of likely N-dealkylation sites (tertiary alicyclic amines) is 1. The fourth-order valence-electron chi connectivity index (χ4n) is 3.45. The van der Waals surface area contributed by atoms with Gasteiger partial charge in [0.25, 0.3) is 5.91 Å². The molecule has 0 aliphatic carbocycles. The van der Waals surface area contributed by atoms with Crippen LogP contribution in [0.3, 0.4) is 0 Å². The number of hydrogen-bond donors (Lipinski definition) is 2. The minimum Gasteiger partial charge on any atom is -0.338 e. The Morgan fingerprint density at radius 1 is 1.22 bits per heavy atom. The molecule has 0 radical (unpaired) electrons. The van der Waals surface area contributed by atoms with Crippen molar-refractivity contribution < 1.29 is 22.8 Å². The molecule has 1 aromatic carbocycles. The number of nitrogens with one attached hydrogen (secondary N) is 2. The molecule has 1 atom stereocenters. The molecule has 2 aliphatic heterocycles. The van der Waals surface area contributed by atoms with Crippen molar-refractivity contribution in [3.63, 3.8) is 0 Å². The van der Waals surface area contributed by atoms with E-state index in [0.29, 0.717) is 24.9 Å². The summed E-state index contributed by atoms with van der Waals surface area (Å²) < 4.78 is 22.8. The number of carbonyl (C=O) groups excluding carboxylic acids is 3. The Hall–Kier alpha value is -2.42. The van der Waals surface area contributed by atoms with Gasteiger partial charge in [-0.3, -0.25) is 25.2 Å². The highest BCUT2D eigenvalue weighted by Gasteiger charge is 2.29. The lowest BCUT2D eigenvalue weighted by Crippen LogP contribution is -2.42. The van der Waals surface area contributed by atoms with Crippen LogP contribution in [0.2, 0.25) is 0 Å². The van der Waals surface area contributed by atoms with Crippen molar-refractivity contribution in [3.05, 3.63) is 35.4 Å². The molecule has 2 heterocycles. The van der Waals surface area contributed by atoms with Crippen molar-refractivity contribution in [2.45, 2.75) is 32.2 Å². The zero-order valence-corrected chi connectivity index (χ0v) is 15.8. The van der Waals surface area contributed by atoms with Gasteiger partial charge in [-0.05, 0) is 36.5 Å². The quantitative estimate of drug-likeness (QED) is 0.703. The molecule has 0 saturated carbocycles. The fourth-order valence-corrected chi connectivity index (χ4v) is 5.31. The maximum atomic E-state index is 12.2. The number of amides is 3. The number of hydrazine groups is 1. The lowest BCUT2D eigenvalue weighted by molar-refractivity contribution is -0.128. The second-order valence-corrected chi connectivity index (χ2v) is 9.32. The molecule has 3 amide bonds. The van der Waals surface area contributed by atoms with Crippen molar-refractivity contribution in [1.82, 2.24) is 15.8 Å². The zero-order chi connectivity index (χ0) is 19.4. The molecule has 0 unspecified atom stereocenters. The van der Waals surface area contributed by atoms with E-state index in [2.05, 4.69) is 10.9 Å². The fraction of sp³-hybridized carbons (Fsp3) is 0.500. The van der Waals surface area contributed by atoms with Crippen LogP contribution in [0.4, 0.5) is 0 Å². The summed E-state index contributed by atoms with van der Waals surface area (Å²) in [4.78, 5) is 37.6. The Labute approximate surface area is 158 Å². The summed E-state index contributed by atoms with van der Waals surface area (Å²) in [6.45, 7) is 1.19. The first-order valence-corrected chi connectivity index (χ1v) is 10.8. The third-order valence-corrected chi connectivity index (χ3v) is 6.69. The summed E-state index contributed by atoms with van der Waals surface area (Å²) >= 11 is 0. The van der Waals surface area contributed by atoms with E-state index in [1.165, 1.54) is 0 Å². The van der Waals surface area contributed by atoms with E-state index in [1.54, 1.807) is 23.1 Å². The summed E-state index contributed by atoms with van der Waals surface area (Å²) in [6.07, 6.45) is 1.96. The monoisotopic (exact) mass is 393 g/mol. The molecule has 9 heteroatoms. The standard InChI is InChI=1S/C18H23N3O5S/c22-16(10-14-6-8-27(25,26)12-14)19-20-18(24)15-4-1-3-13(9-15)11-21-7-2-5-17(21)23/h1,3-4,9,14H,2,5-8,10-12H2,(H,19,22)(H,20,24)/t14-/m0/s1. The predicted molar refractivity (Wildman–Crippen MR) is 98.1 cm³/mol. The Morgan fingerprint density at radius 3 is 2.70 bits per heavy atom. The molecule has 0 spiro atoms. The van der Waals surface area contributed by atoms with Gasteiger partial charge in [0, 0.05) is 31.5 Å². The molecular weight excluding hydrogens is 370 g/mol. The Kier molecular flexibility index (Phi) is 5.79.